The quantitative estimate of drug-likeness (QED) is 0.599. The molecule has 0 aliphatic carbocycles. The average molecular weight is 363 g/mol. The van der Waals surface area contributed by atoms with E-state index in [1.54, 1.807) is 17.8 Å². The van der Waals surface area contributed by atoms with Gasteiger partial charge in [-0.3, -0.25) is 4.79 Å². The van der Waals surface area contributed by atoms with Gasteiger partial charge in [-0.2, -0.15) is 0 Å². The van der Waals surface area contributed by atoms with Crippen LogP contribution in [-0.4, -0.2) is 17.4 Å². The van der Waals surface area contributed by atoms with Crippen molar-refractivity contribution in [3.8, 4) is 0 Å². The maximum Gasteiger partial charge on any atom is 0.250 e. The van der Waals surface area contributed by atoms with Gasteiger partial charge in [-0.15, -0.1) is 0 Å². The summed E-state index contributed by atoms with van der Waals surface area (Å²) in [7, 11) is 0. The van der Waals surface area contributed by atoms with Crippen LogP contribution in [0.3, 0.4) is 0 Å². The van der Waals surface area contributed by atoms with Crippen molar-refractivity contribution in [3.63, 3.8) is 0 Å². The van der Waals surface area contributed by atoms with Crippen LogP contribution in [0.5, 0.6) is 0 Å². The van der Waals surface area contributed by atoms with Gasteiger partial charge in [-0.05, 0) is 48.4 Å². The number of primary amides is 1. The lowest BCUT2D eigenvalue weighted by molar-refractivity contribution is 0.1000. The van der Waals surface area contributed by atoms with E-state index in [2.05, 4.69) is 58.8 Å². The lowest BCUT2D eigenvalue weighted by Gasteiger charge is -2.07. The normalized spacial score (nSPS) is 10.6. The summed E-state index contributed by atoms with van der Waals surface area (Å²) in [5.74, 6) is -0.460. The van der Waals surface area contributed by atoms with Gasteiger partial charge in [-0.25, -0.2) is 4.98 Å². The maximum atomic E-state index is 11.1. The number of nitrogens with one attached hydrogen (secondary N) is 1. The van der Waals surface area contributed by atoms with Crippen LogP contribution in [0.4, 0.5) is 0 Å². The first-order valence-corrected chi connectivity index (χ1v) is 9.29. The second-order valence-corrected chi connectivity index (χ2v) is 7.00. The van der Waals surface area contributed by atoms with Gasteiger partial charge in [-0.1, -0.05) is 54.2 Å². The van der Waals surface area contributed by atoms with Crippen molar-refractivity contribution < 1.29 is 4.79 Å². The molecule has 0 unspecified atom stereocenters. The Morgan fingerprint density at radius 3 is 2.38 bits per heavy atom. The lowest BCUT2D eigenvalue weighted by Crippen LogP contribution is -2.16. The maximum absolute atomic E-state index is 11.1. The highest BCUT2D eigenvalue weighted by Crippen LogP contribution is 2.26. The second-order valence-electron chi connectivity index (χ2n) is 5.91. The molecule has 0 aliphatic heterocycles. The Balaban J connectivity index is 1.46. The molecule has 0 aliphatic rings. The van der Waals surface area contributed by atoms with Crippen LogP contribution in [-0.2, 0) is 13.0 Å². The SMILES string of the molecule is NC(=O)c1ccc(Sc2ccc(CNCCc3ccccc3)cc2)nc1. The van der Waals surface area contributed by atoms with E-state index < -0.39 is 5.91 Å². The van der Waals surface area contributed by atoms with Crippen molar-refractivity contribution in [1.29, 1.82) is 0 Å². The number of hydrogen-bond acceptors (Lipinski definition) is 4. The van der Waals surface area contributed by atoms with Gasteiger partial charge in [0, 0.05) is 17.6 Å². The number of carbonyl (C=O) groups excluding carboxylic acids is 1. The highest BCUT2D eigenvalue weighted by Gasteiger charge is 2.03. The number of carbonyl (C=O) groups is 1. The minimum atomic E-state index is -0.460. The Hall–Kier alpha value is -2.63. The smallest absolute Gasteiger partial charge is 0.250 e. The zero-order valence-corrected chi connectivity index (χ0v) is 15.2. The van der Waals surface area contributed by atoms with Crippen LogP contribution < -0.4 is 11.1 Å². The van der Waals surface area contributed by atoms with Gasteiger partial charge in [0.05, 0.1) is 5.56 Å². The molecule has 3 N–H and O–H groups in total. The molecule has 2 aromatic carbocycles. The fraction of sp³-hybridized carbons (Fsp3) is 0.143. The molecule has 1 amide bonds. The Morgan fingerprint density at radius 1 is 0.962 bits per heavy atom. The summed E-state index contributed by atoms with van der Waals surface area (Å²) in [4.78, 5) is 16.4. The number of rotatable bonds is 8. The summed E-state index contributed by atoms with van der Waals surface area (Å²) in [6.07, 6.45) is 2.54. The van der Waals surface area contributed by atoms with Gasteiger partial charge in [0.15, 0.2) is 0 Å². The number of aromatic nitrogens is 1. The Morgan fingerprint density at radius 2 is 1.73 bits per heavy atom. The molecule has 3 aromatic rings. The molecule has 4 nitrogen and oxygen atoms in total. The third-order valence-electron chi connectivity index (χ3n) is 3.93. The third-order valence-corrected chi connectivity index (χ3v) is 4.89. The van der Waals surface area contributed by atoms with E-state index in [1.165, 1.54) is 17.3 Å². The molecule has 5 heteroatoms. The second kappa shape index (κ2) is 9.17. The van der Waals surface area contributed by atoms with Crippen LogP contribution in [0.1, 0.15) is 21.5 Å². The highest BCUT2D eigenvalue weighted by atomic mass is 32.2. The van der Waals surface area contributed by atoms with Crippen LogP contribution in [0.25, 0.3) is 0 Å². The van der Waals surface area contributed by atoms with Crippen molar-refractivity contribution >= 4 is 17.7 Å². The average Bonchev–Trinajstić information content (AvgIpc) is 2.68. The highest BCUT2D eigenvalue weighted by molar-refractivity contribution is 7.99. The van der Waals surface area contributed by atoms with Gasteiger partial charge >= 0.3 is 0 Å². The minimum Gasteiger partial charge on any atom is -0.366 e. The largest absolute Gasteiger partial charge is 0.366 e. The fourth-order valence-electron chi connectivity index (χ4n) is 2.49. The number of pyridine rings is 1. The standard InChI is InChI=1S/C21H21N3OS/c22-21(25)18-8-11-20(24-15-18)26-19-9-6-17(7-10-19)14-23-13-12-16-4-2-1-3-5-16/h1-11,15,23H,12-14H2,(H2,22,25). The van der Waals surface area contributed by atoms with E-state index in [4.69, 9.17) is 5.73 Å². The number of benzene rings is 2. The molecular weight excluding hydrogens is 342 g/mol. The molecule has 132 valence electrons. The first-order valence-electron chi connectivity index (χ1n) is 8.48. The summed E-state index contributed by atoms with van der Waals surface area (Å²) in [6.45, 7) is 1.81. The minimum absolute atomic E-state index is 0.422. The van der Waals surface area contributed by atoms with Crippen LogP contribution >= 0.6 is 11.8 Å². The number of nitrogens with zero attached hydrogens (tertiary/aromatic N) is 1. The summed E-state index contributed by atoms with van der Waals surface area (Å²) in [6, 6.07) is 22.4. The van der Waals surface area contributed by atoms with E-state index in [-0.39, 0.29) is 0 Å². The molecule has 0 atom stereocenters. The molecule has 1 aromatic heterocycles. The first kappa shape index (κ1) is 18.2. The molecule has 0 bridgehead atoms. The fourth-order valence-corrected chi connectivity index (χ4v) is 3.25. The molecule has 3 rings (SSSR count). The molecule has 0 fully saturated rings. The first-order chi connectivity index (χ1) is 12.7. The summed E-state index contributed by atoms with van der Waals surface area (Å²) >= 11 is 1.56. The van der Waals surface area contributed by atoms with Crippen molar-refractivity contribution in [2.45, 2.75) is 22.9 Å². The molecule has 0 saturated heterocycles. The van der Waals surface area contributed by atoms with Crippen molar-refractivity contribution in [2.75, 3.05) is 6.54 Å². The van der Waals surface area contributed by atoms with Crippen molar-refractivity contribution in [1.82, 2.24) is 10.3 Å². The van der Waals surface area contributed by atoms with Gasteiger partial charge in [0.1, 0.15) is 5.03 Å². The summed E-state index contributed by atoms with van der Waals surface area (Å²) < 4.78 is 0. The molecular formula is C21H21N3OS. The summed E-state index contributed by atoms with van der Waals surface area (Å²) in [5.41, 5.74) is 8.25. The third kappa shape index (κ3) is 5.44. The molecule has 1 heterocycles. The Bertz CT molecular complexity index is 833. The zero-order valence-electron chi connectivity index (χ0n) is 14.4. The van der Waals surface area contributed by atoms with E-state index in [0.717, 1.165) is 29.4 Å². The van der Waals surface area contributed by atoms with Crippen molar-refractivity contribution in [3.05, 3.63) is 89.6 Å². The monoisotopic (exact) mass is 363 g/mol. The Kier molecular flexibility index (Phi) is 6.41. The zero-order chi connectivity index (χ0) is 18.2. The molecule has 0 spiro atoms. The van der Waals surface area contributed by atoms with Gasteiger partial charge < -0.3 is 11.1 Å². The van der Waals surface area contributed by atoms with Crippen LogP contribution in [0.2, 0.25) is 0 Å². The molecule has 0 saturated carbocycles. The van der Waals surface area contributed by atoms with E-state index in [1.807, 2.05) is 12.1 Å². The van der Waals surface area contributed by atoms with Gasteiger partial charge in [0.25, 0.3) is 0 Å². The molecule has 0 radical (unpaired) electrons. The van der Waals surface area contributed by atoms with E-state index in [9.17, 15) is 4.79 Å². The number of nitrogens with two attached hydrogens (primary N) is 1. The lowest BCUT2D eigenvalue weighted by atomic mass is 10.1. The van der Waals surface area contributed by atoms with E-state index >= 15 is 0 Å². The predicted octanol–water partition coefficient (Wildman–Crippen LogP) is 3.66. The van der Waals surface area contributed by atoms with E-state index in [0.29, 0.717) is 5.56 Å². The predicted molar refractivity (Wildman–Crippen MR) is 105 cm³/mol. The van der Waals surface area contributed by atoms with Crippen molar-refractivity contribution in [2.24, 2.45) is 5.73 Å². The number of amides is 1. The van der Waals surface area contributed by atoms with Crippen LogP contribution in [0.15, 0.2) is 82.8 Å². The van der Waals surface area contributed by atoms with Gasteiger partial charge in [0.2, 0.25) is 5.91 Å². The Labute approximate surface area is 157 Å². The summed E-state index contributed by atoms with van der Waals surface area (Å²) in [5, 5.41) is 4.31. The molecule has 26 heavy (non-hydrogen) atoms. The number of hydrogen-bond donors (Lipinski definition) is 2. The topological polar surface area (TPSA) is 68.0 Å². The van der Waals surface area contributed by atoms with Crippen LogP contribution in [0, 0.1) is 0 Å².